The second-order valence-corrected chi connectivity index (χ2v) is 3.70. The summed E-state index contributed by atoms with van der Waals surface area (Å²) in [4.78, 5) is 2.19. The van der Waals surface area contributed by atoms with Gasteiger partial charge in [0.05, 0.1) is 12.5 Å². The second-order valence-electron chi connectivity index (χ2n) is 3.70. The van der Waals surface area contributed by atoms with E-state index in [0.717, 1.165) is 19.6 Å². The van der Waals surface area contributed by atoms with Crippen molar-refractivity contribution in [2.75, 3.05) is 26.2 Å². The van der Waals surface area contributed by atoms with Crippen LogP contribution in [0.1, 0.15) is 26.7 Å². The number of alkyl halides is 2. The van der Waals surface area contributed by atoms with E-state index in [0.29, 0.717) is 12.8 Å². The molecule has 0 aromatic rings. The molecule has 0 radical (unpaired) electrons. The summed E-state index contributed by atoms with van der Waals surface area (Å²) in [6, 6.07) is 0. The number of hydrogen-bond donors (Lipinski definition) is 0. The van der Waals surface area contributed by atoms with Gasteiger partial charge in [0.2, 0.25) is 0 Å². The Morgan fingerprint density at radius 3 is 2.29 bits per heavy atom. The average molecular weight is 207 g/mol. The highest BCUT2D eigenvalue weighted by atomic mass is 19.3. The number of halogens is 2. The Morgan fingerprint density at radius 1 is 1.29 bits per heavy atom. The summed E-state index contributed by atoms with van der Waals surface area (Å²) in [6.07, 6.45) is -1.84. The van der Waals surface area contributed by atoms with Crippen LogP contribution in [0.2, 0.25) is 0 Å². The molecule has 4 heteroatoms. The van der Waals surface area contributed by atoms with Gasteiger partial charge in [-0.05, 0) is 39.4 Å². The van der Waals surface area contributed by atoms with Gasteiger partial charge in [0.1, 0.15) is 0 Å². The van der Waals surface area contributed by atoms with Gasteiger partial charge in [-0.3, -0.25) is 0 Å². The monoisotopic (exact) mass is 207 g/mol. The quantitative estimate of drug-likeness (QED) is 0.701. The van der Waals surface area contributed by atoms with Crippen molar-refractivity contribution in [2.24, 2.45) is 5.92 Å². The first-order valence-electron chi connectivity index (χ1n) is 5.34. The van der Waals surface area contributed by atoms with Crippen LogP contribution >= 0.6 is 0 Å². The highest BCUT2D eigenvalue weighted by Gasteiger charge is 2.41. The van der Waals surface area contributed by atoms with Crippen molar-refractivity contribution in [3.05, 3.63) is 0 Å². The Labute approximate surface area is 84.2 Å². The maximum Gasteiger partial charge on any atom is 0.358 e. The second kappa shape index (κ2) is 5.03. The van der Waals surface area contributed by atoms with Gasteiger partial charge in [-0.15, -0.1) is 0 Å². The molecule has 2 nitrogen and oxygen atoms in total. The fourth-order valence-electron chi connectivity index (χ4n) is 1.90. The Bertz CT molecular complexity index is 168. The standard InChI is InChI=1S/C10H19F2NO/c1-3-13-7-5-9(6-8-13)10(11,12)14-4-2/h9H,3-8H2,1-2H3. The molecule has 84 valence electrons. The molecule has 0 saturated carbocycles. The van der Waals surface area contributed by atoms with Gasteiger partial charge in [0.15, 0.2) is 0 Å². The zero-order valence-corrected chi connectivity index (χ0v) is 8.93. The Balaban J connectivity index is 2.40. The van der Waals surface area contributed by atoms with Gasteiger partial charge in [-0.2, -0.15) is 8.78 Å². The third-order valence-corrected chi connectivity index (χ3v) is 2.85. The van der Waals surface area contributed by atoms with Crippen LogP contribution in [0.3, 0.4) is 0 Å². The molecule has 0 aromatic heterocycles. The lowest BCUT2D eigenvalue weighted by Crippen LogP contribution is -2.41. The van der Waals surface area contributed by atoms with Crippen molar-refractivity contribution in [1.29, 1.82) is 0 Å². The molecule has 0 unspecified atom stereocenters. The van der Waals surface area contributed by atoms with Crippen LogP contribution in [0.5, 0.6) is 0 Å². The van der Waals surface area contributed by atoms with Crippen LogP contribution in [0, 0.1) is 5.92 Å². The van der Waals surface area contributed by atoms with Gasteiger partial charge in [0, 0.05) is 0 Å². The fourth-order valence-corrected chi connectivity index (χ4v) is 1.90. The summed E-state index contributed by atoms with van der Waals surface area (Å²) < 4.78 is 31.1. The van der Waals surface area contributed by atoms with Crippen molar-refractivity contribution in [3.8, 4) is 0 Å². The number of piperidine rings is 1. The maximum absolute atomic E-state index is 13.3. The Morgan fingerprint density at radius 2 is 1.86 bits per heavy atom. The lowest BCUT2D eigenvalue weighted by atomic mass is 9.95. The predicted molar refractivity (Wildman–Crippen MR) is 51.4 cm³/mol. The predicted octanol–water partition coefficient (Wildman–Crippen LogP) is 2.35. The molecule has 0 N–H and O–H groups in total. The molecular weight excluding hydrogens is 188 g/mol. The van der Waals surface area contributed by atoms with Gasteiger partial charge in [-0.1, -0.05) is 6.92 Å². The first-order chi connectivity index (χ1) is 6.60. The lowest BCUT2D eigenvalue weighted by Gasteiger charge is -2.34. The average Bonchev–Trinajstić information content (AvgIpc) is 2.18. The SMILES string of the molecule is CCOC(F)(F)C1CCN(CC)CC1. The Hall–Kier alpha value is -0.220. The van der Waals surface area contributed by atoms with E-state index in [-0.39, 0.29) is 6.61 Å². The smallest absolute Gasteiger partial charge is 0.321 e. The minimum atomic E-state index is -2.92. The van der Waals surface area contributed by atoms with Crippen LogP contribution in [0.25, 0.3) is 0 Å². The van der Waals surface area contributed by atoms with Crippen molar-refractivity contribution in [3.63, 3.8) is 0 Å². The van der Waals surface area contributed by atoms with Crippen molar-refractivity contribution in [1.82, 2.24) is 4.90 Å². The molecule has 1 fully saturated rings. The normalized spacial score (nSPS) is 21.4. The van der Waals surface area contributed by atoms with Gasteiger partial charge >= 0.3 is 6.11 Å². The summed E-state index contributed by atoms with van der Waals surface area (Å²) in [5.41, 5.74) is 0. The minimum Gasteiger partial charge on any atom is -0.321 e. The van der Waals surface area contributed by atoms with Gasteiger partial charge in [-0.25, -0.2) is 0 Å². The zero-order valence-electron chi connectivity index (χ0n) is 8.93. The molecule has 1 rings (SSSR count). The number of ether oxygens (including phenoxy) is 1. The Kier molecular flexibility index (Phi) is 4.26. The first kappa shape index (κ1) is 11.9. The minimum absolute atomic E-state index is 0.0843. The summed E-state index contributed by atoms with van der Waals surface area (Å²) in [6.45, 7) is 6.23. The molecule has 0 atom stereocenters. The molecule has 0 bridgehead atoms. The van der Waals surface area contributed by atoms with E-state index >= 15 is 0 Å². The molecule has 0 spiro atoms. The van der Waals surface area contributed by atoms with Crippen molar-refractivity contribution in [2.45, 2.75) is 32.8 Å². The fraction of sp³-hybridized carbons (Fsp3) is 1.00. The highest BCUT2D eigenvalue weighted by Crippen LogP contribution is 2.33. The van der Waals surface area contributed by atoms with E-state index in [1.807, 2.05) is 0 Å². The van der Waals surface area contributed by atoms with Gasteiger partial charge in [0.25, 0.3) is 0 Å². The zero-order chi connectivity index (χ0) is 10.6. The summed E-state index contributed by atoms with van der Waals surface area (Å²) in [5, 5.41) is 0. The number of hydrogen-bond acceptors (Lipinski definition) is 2. The molecule has 1 aliphatic heterocycles. The summed E-state index contributed by atoms with van der Waals surface area (Å²) in [7, 11) is 0. The van der Waals surface area contributed by atoms with Crippen molar-refractivity contribution >= 4 is 0 Å². The van der Waals surface area contributed by atoms with E-state index in [1.54, 1.807) is 6.92 Å². The molecular formula is C10H19F2NO. The number of nitrogens with zero attached hydrogens (tertiary/aromatic N) is 1. The maximum atomic E-state index is 13.3. The van der Waals surface area contributed by atoms with Crippen LogP contribution in [0.15, 0.2) is 0 Å². The first-order valence-corrected chi connectivity index (χ1v) is 5.34. The van der Waals surface area contributed by atoms with Crippen LogP contribution in [-0.2, 0) is 4.74 Å². The molecule has 0 amide bonds. The number of likely N-dealkylation sites (tertiary alicyclic amines) is 1. The van der Waals surface area contributed by atoms with E-state index < -0.39 is 12.0 Å². The molecule has 1 saturated heterocycles. The molecule has 14 heavy (non-hydrogen) atoms. The largest absolute Gasteiger partial charge is 0.358 e. The summed E-state index contributed by atoms with van der Waals surface area (Å²) in [5.74, 6) is -0.592. The van der Waals surface area contributed by atoms with Crippen LogP contribution < -0.4 is 0 Å². The van der Waals surface area contributed by atoms with E-state index in [2.05, 4.69) is 16.6 Å². The van der Waals surface area contributed by atoms with E-state index in [9.17, 15) is 8.78 Å². The van der Waals surface area contributed by atoms with Crippen LogP contribution in [-0.4, -0.2) is 37.2 Å². The lowest BCUT2D eigenvalue weighted by molar-refractivity contribution is -0.275. The number of rotatable bonds is 4. The third-order valence-electron chi connectivity index (χ3n) is 2.85. The van der Waals surface area contributed by atoms with Gasteiger partial charge < -0.3 is 9.64 Å². The molecule has 1 aliphatic rings. The molecule has 0 aromatic carbocycles. The van der Waals surface area contributed by atoms with Crippen LogP contribution in [0.4, 0.5) is 8.78 Å². The van der Waals surface area contributed by atoms with E-state index in [4.69, 9.17) is 0 Å². The molecule has 1 heterocycles. The van der Waals surface area contributed by atoms with E-state index in [1.165, 1.54) is 0 Å². The topological polar surface area (TPSA) is 12.5 Å². The third kappa shape index (κ3) is 2.89. The summed E-state index contributed by atoms with van der Waals surface area (Å²) >= 11 is 0. The highest BCUT2D eigenvalue weighted by molar-refractivity contribution is 4.77. The van der Waals surface area contributed by atoms with Crippen molar-refractivity contribution < 1.29 is 13.5 Å². The molecule has 0 aliphatic carbocycles.